The molecule has 0 fully saturated rings. The second-order valence-electron chi connectivity index (χ2n) is 3.14. The van der Waals surface area contributed by atoms with Crippen LogP contribution in [0.15, 0.2) is 6.07 Å². The molecule has 1 aromatic heterocycles. The van der Waals surface area contributed by atoms with Crippen LogP contribution >= 0.6 is 22.6 Å². The van der Waals surface area contributed by atoms with Crippen LogP contribution in [0.2, 0.25) is 0 Å². The van der Waals surface area contributed by atoms with Gasteiger partial charge in [-0.2, -0.15) is 4.98 Å². The van der Waals surface area contributed by atoms with E-state index in [0.717, 1.165) is 0 Å². The molecule has 0 aliphatic rings. The summed E-state index contributed by atoms with van der Waals surface area (Å²) < 4.78 is 39.5. The second kappa shape index (κ2) is 5.54. The van der Waals surface area contributed by atoms with Crippen molar-refractivity contribution in [3.8, 4) is 5.88 Å². The monoisotopic (exact) mass is 392 g/mol. The fraction of sp³-hybridized carbons (Fsp3) is 0.250. The second-order valence-corrected chi connectivity index (χ2v) is 4.16. The topological polar surface area (TPSA) is 103 Å². The van der Waals surface area contributed by atoms with Crippen molar-refractivity contribution in [3.63, 3.8) is 0 Å². The SMILES string of the molecule is O=C(O)Cc1cc([N+](=O)[O-])c(I)nc1OC(F)(F)F. The Kier molecular flexibility index (Phi) is 4.49. The van der Waals surface area contributed by atoms with E-state index in [2.05, 4.69) is 9.72 Å². The molecule has 11 heteroatoms. The van der Waals surface area contributed by atoms with Crippen molar-refractivity contribution >= 4 is 34.2 Å². The van der Waals surface area contributed by atoms with Crippen molar-refractivity contribution in [1.29, 1.82) is 0 Å². The largest absolute Gasteiger partial charge is 0.574 e. The van der Waals surface area contributed by atoms with Crippen molar-refractivity contribution in [3.05, 3.63) is 25.4 Å². The summed E-state index contributed by atoms with van der Waals surface area (Å²) >= 11 is 1.36. The Morgan fingerprint density at radius 3 is 2.58 bits per heavy atom. The Bertz CT molecular complexity index is 534. The Balaban J connectivity index is 3.31. The molecular weight excluding hydrogens is 388 g/mol. The first kappa shape index (κ1) is 15.4. The van der Waals surface area contributed by atoms with Gasteiger partial charge in [-0.25, -0.2) is 0 Å². The van der Waals surface area contributed by atoms with E-state index < -0.39 is 40.8 Å². The number of rotatable bonds is 4. The van der Waals surface area contributed by atoms with E-state index >= 15 is 0 Å². The smallest absolute Gasteiger partial charge is 0.481 e. The fourth-order valence-electron chi connectivity index (χ4n) is 1.12. The fourth-order valence-corrected chi connectivity index (χ4v) is 1.69. The van der Waals surface area contributed by atoms with E-state index in [1.54, 1.807) is 0 Å². The molecule has 1 aromatic rings. The number of carboxylic acid groups (broad SMARTS) is 1. The first-order chi connectivity index (χ1) is 8.60. The van der Waals surface area contributed by atoms with Gasteiger partial charge in [0.2, 0.25) is 5.88 Å². The minimum atomic E-state index is -5.07. The van der Waals surface area contributed by atoms with E-state index in [0.29, 0.717) is 6.07 Å². The van der Waals surface area contributed by atoms with Gasteiger partial charge in [0.05, 0.1) is 11.3 Å². The van der Waals surface area contributed by atoms with Crippen LogP contribution in [-0.2, 0) is 11.2 Å². The van der Waals surface area contributed by atoms with Crippen LogP contribution in [-0.4, -0.2) is 27.3 Å². The number of nitrogens with zero attached hydrogens (tertiary/aromatic N) is 2. The number of ether oxygens (including phenoxy) is 1. The first-order valence-corrected chi connectivity index (χ1v) is 5.49. The average Bonchev–Trinajstić information content (AvgIpc) is 2.18. The minimum absolute atomic E-state index is 0.337. The quantitative estimate of drug-likeness (QED) is 0.365. The number of alkyl halides is 3. The predicted molar refractivity (Wildman–Crippen MR) is 61.6 cm³/mol. The van der Waals surface area contributed by atoms with Crippen molar-refractivity contribution < 1.29 is 32.7 Å². The summed E-state index contributed by atoms with van der Waals surface area (Å²) in [4.78, 5) is 23.5. The standard InChI is InChI=1S/C8H4F3IN2O5/c9-8(10,11)19-7-3(2-5(15)16)1-4(14(17)18)6(12)13-7/h1H,2H2,(H,15,16). The molecule has 0 bridgehead atoms. The zero-order valence-electron chi connectivity index (χ0n) is 8.77. The highest BCUT2D eigenvalue weighted by Gasteiger charge is 2.34. The number of carboxylic acids is 1. The van der Waals surface area contributed by atoms with Gasteiger partial charge in [-0.15, -0.1) is 13.2 Å². The summed E-state index contributed by atoms with van der Waals surface area (Å²) in [6.07, 6.45) is -5.95. The first-order valence-electron chi connectivity index (χ1n) is 4.41. The van der Waals surface area contributed by atoms with Gasteiger partial charge >= 0.3 is 18.0 Å². The third-order valence-corrected chi connectivity index (χ3v) is 2.54. The summed E-state index contributed by atoms with van der Waals surface area (Å²) in [5.74, 6) is -2.48. The van der Waals surface area contributed by atoms with Crippen molar-refractivity contribution in [2.45, 2.75) is 12.8 Å². The molecule has 7 nitrogen and oxygen atoms in total. The van der Waals surface area contributed by atoms with Gasteiger partial charge in [0.25, 0.3) is 0 Å². The molecule has 1 heterocycles. The van der Waals surface area contributed by atoms with Gasteiger partial charge in [-0.1, -0.05) is 0 Å². The number of aliphatic carboxylic acids is 1. The zero-order valence-corrected chi connectivity index (χ0v) is 10.9. The molecule has 0 radical (unpaired) electrons. The zero-order chi connectivity index (χ0) is 14.8. The molecule has 0 aliphatic heterocycles. The van der Waals surface area contributed by atoms with Crippen molar-refractivity contribution in [2.24, 2.45) is 0 Å². The maximum Gasteiger partial charge on any atom is 0.574 e. The van der Waals surface area contributed by atoms with Crippen molar-refractivity contribution in [2.75, 3.05) is 0 Å². The molecule has 1 N–H and O–H groups in total. The average molecular weight is 392 g/mol. The number of aromatic nitrogens is 1. The number of halogens is 4. The Labute approximate surface area is 116 Å². The lowest BCUT2D eigenvalue weighted by atomic mass is 10.2. The maximum atomic E-state index is 12.1. The number of hydrogen-bond acceptors (Lipinski definition) is 5. The lowest BCUT2D eigenvalue weighted by molar-refractivity contribution is -0.386. The summed E-state index contributed by atoms with van der Waals surface area (Å²) in [7, 11) is 0. The molecule has 0 spiro atoms. The molecule has 0 aromatic carbocycles. The van der Waals surface area contributed by atoms with E-state index in [9.17, 15) is 28.1 Å². The van der Waals surface area contributed by atoms with E-state index in [1.807, 2.05) is 0 Å². The molecule has 1 rings (SSSR count). The van der Waals surface area contributed by atoms with Crippen LogP contribution in [0.3, 0.4) is 0 Å². The van der Waals surface area contributed by atoms with Gasteiger partial charge in [-0.05, 0) is 22.6 Å². The summed E-state index contributed by atoms with van der Waals surface area (Å²) in [5, 5.41) is 19.2. The Morgan fingerprint density at radius 1 is 1.58 bits per heavy atom. The Hall–Kier alpha value is -1.66. The van der Waals surface area contributed by atoms with Gasteiger partial charge < -0.3 is 9.84 Å². The summed E-state index contributed by atoms with van der Waals surface area (Å²) in [6.45, 7) is 0. The maximum absolute atomic E-state index is 12.1. The third-order valence-electron chi connectivity index (χ3n) is 1.75. The molecular formula is C8H4F3IN2O5. The molecule has 0 aliphatic carbocycles. The van der Waals surface area contributed by atoms with Gasteiger partial charge in [-0.3, -0.25) is 14.9 Å². The highest BCUT2D eigenvalue weighted by atomic mass is 127. The summed E-state index contributed by atoms with van der Waals surface area (Å²) in [6, 6.07) is 0.698. The molecule has 0 unspecified atom stereocenters. The van der Waals surface area contributed by atoms with Gasteiger partial charge in [0, 0.05) is 11.6 Å². The highest BCUT2D eigenvalue weighted by molar-refractivity contribution is 14.1. The Morgan fingerprint density at radius 2 is 2.16 bits per heavy atom. The van der Waals surface area contributed by atoms with Crippen LogP contribution in [0, 0.1) is 13.8 Å². The molecule has 0 saturated carbocycles. The van der Waals surface area contributed by atoms with Gasteiger partial charge in [0.1, 0.15) is 0 Å². The number of hydrogen-bond donors (Lipinski definition) is 1. The highest BCUT2D eigenvalue weighted by Crippen LogP contribution is 2.30. The van der Waals surface area contributed by atoms with E-state index in [-0.39, 0.29) is 3.70 Å². The lowest BCUT2D eigenvalue weighted by Gasteiger charge is -2.11. The molecule has 19 heavy (non-hydrogen) atoms. The van der Waals surface area contributed by atoms with Gasteiger partial charge in [0.15, 0.2) is 3.70 Å². The van der Waals surface area contributed by atoms with Crippen LogP contribution < -0.4 is 4.74 Å². The van der Waals surface area contributed by atoms with Crippen LogP contribution in [0.5, 0.6) is 5.88 Å². The molecule has 104 valence electrons. The van der Waals surface area contributed by atoms with Crippen LogP contribution in [0.4, 0.5) is 18.9 Å². The number of pyridine rings is 1. The van der Waals surface area contributed by atoms with Crippen molar-refractivity contribution in [1.82, 2.24) is 4.98 Å². The van der Waals surface area contributed by atoms with E-state index in [1.165, 1.54) is 22.6 Å². The minimum Gasteiger partial charge on any atom is -0.481 e. The summed E-state index contributed by atoms with van der Waals surface area (Å²) in [5.41, 5.74) is -1.12. The van der Waals surface area contributed by atoms with Crippen LogP contribution in [0.1, 0.15) is 5.56 Å². The number of carbonyl (C=O) groups is 1. The van der Waals surface area contributed by atoms with E-state index in [4.69, 9.17) is 5.11 Å². The third kappa shape index (κ3) is 4.50. The number of nitro groups is 1. The lowest BCUT2D eigenvalue weighted by Crippen LogP contribution is -2.20. The normalized spacial score (nSPS) is 11.2. The van der Waals surface area contributed by atoms with Crippen LogP contribution in [0.25, 0.3) is 0 Å². The molecule has 0 saturated heterocycles. The molecule has 0 amide bonds. The predicted octanol–water partition coefficient (Wildman–Crippen LogP) is 2.12. The molecule has 0 atom stereocenters.